The Morgan fingerprint density at radius 1 is 1.50 bits per heavy atom. The summed E-state index contributed by atoms with van der Waals surface area (Å²) in [4.78, 5) is 11.1. The minimum absolute atomic E-state index is 0.0207. The Hall–Kier alpha value is -1.76. The second kappa shape index (κ2) is 6.13. The zero-order valence-corrected chi connectivity index (χ0v) is 12.1. The van der Waals surface area contributed by atoms with Crippen LogP contribution in [0.1, 0.15) is 17.3 Å². The van der Waals surface area contributed by atoms with Gasteiger partial charge in [0, 0.05) is 22.8 Å². The average molecular weight is 345 g/mol. The maximum absolute atomic E-state index is 12.4. The average Bonchev–Trinajstić information content (AvgIpc) is 2.83. The van der Waals surface area contributed by atoms with Gasteiger partial charge in [-0.05, 0) is 25.1 Å². The van der Waals surface area contributed by atoms with Gasteiger partial charge < -0.3 is 4.74 Å². The summed E-state index contributed by atoms with van der Waals surface area (Å²) in [5.74, 6) is -0.0207. The summed E-state index contributed by atoms with van der Waals surface area (Å²) in [7, 11) is 0. The number of ether oxygens (including phenoxy) is 1. The first-order valence-electron chi connectivity index (χ1n) is 5.82. The van der Waals surface area contributed by atoms with Crippen LogP contribution in [0.4, 0.5) is 8.78 Å². The number of aldehydes is 1. The number of benzene rings is 1. The van der Waals surface area contributed by atoms with Crippen LogP contribution in [0.25, 0.3) is 11.3 Å². The van der Waals surface area contributed by atoms with Crippen LogP contribution < -0.4 is 4.74 Å². The quantitative estimate of drug-likeness (QED) is 0.776. The highest BCUT2D eigenvalue weighted by Crippen LogP contribution is 2.34. The fourth-order valence-corrected chi connectivity index (χ4v) is 2.14. The normalized spacial score (nSPS) is 10.8. The van der Waals surface area contributed by atoms with Gasteiger partial charge >= 0.3 is 6.61 Å². The molecule has 4 nitrogen and oxygen atoms in total. The van der Waals surface area contributed by atoms with Gasteiger partial charge in [0.25, 0.3) is 0 Å². The number of hydrogen-bond donors (Lipinski definition) is 0. The molecule has 0 saturated heterocycles. The Kier molecular flexibility index (Phi) is 4.49. The second-order valence-corrected chi connectivity index (χ2v) is 4.84. The minimum Gasteiger partial charge on any atom is -0.434 e. The van der Waals surface area contributed by atoms with Crippen LogP contribution in [0.3, 0.4) is 0 Å². The van der Waals surface area contributed by atoms with Gasteiger partial charge in [-0.2, -0.15) is 13.9 Å². The molecule has 0 aliphatic rings. The zero-order valence-electron chi connectivity index (χ0n) is 10.5. The van der Waals surface area contributed by atoms with E-state index in [0.29, 0.717) is 34.1 Å². The Bertz CT molecular complexity index is 629. The molecule has 7 heteroatoms. The fraction of sp³-hybridized carbons (Fsp3) is 0.231. The standard InChI is InChI=1S/C13H11BrF2N2O2/c1-2-18-6-8(7-19)12(17-18)10-5-9(14)3-4-11(10)20-13(15)16/h3-7,13H,2H2,1H3. The van der Waals surface area contributed by atoms with E-state index in [0.717, 1.165) is 0 Å². The molecule has 2 aromatic rings. The van der Waals surface area contributed by atoms with Crippen LogP contribution in [0.5, 0.6) is 5.75 Å². The summed E-state index contributed by atoms with van der Waals surface area (Å²) in [6, 6.07) is 4.58. The smallest absolute Gasteiger partial charge is 0.387 e. The van der Waals surface area contributed by atoms with Gasteiger partial charge in [0.05, 0.1) is 5.56 Å². The van der Waals surface area contributed by atoms with Crippen molar-refractivity contribution in [1.29, 1.82) is 0 Å². The Morgan fingerprint density at radius 2 is 2.25 bits per heavy atom. The van der Waals surface area contributed by atoms with Crippen molar-refractivity contribution in [1.82, 2.24) is 9.78 Å². The first-order chi connectivity index (χ1) is 9.55. The molecular formula is C13H11BrF2N2O2. The molecular weight excluding hydrogens is 334 g/mol. The lowest BCUT2D eigenvalue weighted by atomic mass is 10.1. The number of rotatable bonds is 5. The number of nitrogens with zero attached hydrogens (tertiary/aromatic N) is 2. The molecule has 2 rings (SSSR count). The SMILES string of the molecule is CCn1cc(C=O)c(-c2cc(Br)ccc2OC(F)F)n1. The molecule has 0 fully saturated rings. The molecule has 0 aliphatic carbocycles. The largest absolute Gasteiger partial charge is 0.434 e. The van der Waals surface area contributed by atoms with Gasteiger partial charge in [0.15, 0.2) is 6.29 Å². The maximum atomic E-state index is 12.4. The number of aryl methyl sites for hydroxylation is 1. The van der Waals surface area contributed by atoms with Crippen LogP contribution in [0.15, 0.2) is 28.9 Å². The van der Waals surface area contributed by atoms with E-state index >= 15 is 0 Å². The van der Waals surface area contributed by atoms with Gasteiger partial charge in [0.2, 0.25) is 0 Å². The van der Waals surface area contributed by atoms with Crippen molar-refractivity contribution < 1.29 is 18.3 Å². The van der Waals surface area contributed by atoms with E-state index < -0.39 is 6.61 Å². The maximum Gasteiger partial charge on any atom is 0.387 e. The van der Waals surface area contributed by atoms with Gasteiger partial charge in [-0.15, -0.1) is 0 Å². The van der Waals surface area contributed by atoms with Gasteiger partial charge in [0.1, 0.15) is 11.4 Å². The lowest BCUT2D eigenvalue weighted by Gasteiger charge is -2.10. The molecule has 0 atom stereocenters. The topological polar surface area (TPSA) is 44.1 Å². The molecule has 0 saturated carbocycles. The van der Waals surface area contributed by atoms with E-state index in [-0.39, 0.29) is 5.75 Å². The van der Waals surface area contributed by atoms with Crippen LogP contribution in [-0.4, -0.2) is 22.7 Å². The summed E-state index contributed by atoms with van der Waals surface area (Å²) in [5.41, 5.74) is 0.983. The summed E-state index contributed by atoms with van der Waals surface area (Å²) >= 11 is 3.26. The third-order valence-electron chi connectivity index (χ3n) is 2.65. The zero-order chi connectivity index (χ0) is 14.7. The number of halogens is 3. The number of carbonyl (C=O) groups excluding carboxylic acids is 1. The highest BCUT2D eigenvalue weighted by molar-refractivity contribution is 9.10. The molecule has 0 radical (unpaired) electrons. The van der Waals surface area contributed by atoms with Crippen LogP contribution in [0.2, 0.25) is 0 Å². The van der Waals surface area contributed by atoms with E-state index in [1.165, 1.54) is 6.07 Å². The highest BCUT2D eigenvalue weighted by atomic mass is 79.9. The molecule has 0 amide bonds. The number of hydrogen-bond acceptors (Lipinski definition) is 3. The van der Waals surface area contributed by atoms with Gasteiger partial charge in [-0.25, -0.2) is 0 Å². The molecule has 1 heterocycles. The molecule has 20 heavy (non-hydrogen) atoms. The van der Waals surface area contributed by atoms with E-state index in [1.807, 2.05) is 6.92 Å². The molecule has 0 N–H and O–H groups in total. The van der Waals surface area contributed by atoms with Gasteiger partial charge in [-0.1, -0.05) is 15.9 Å². The monoisotopic (exact) mass is 344 g/mol. The van der Waals surface area contributed by atoms with Crippen LogP contribution in [0, 0.1) is 0 Å². The molecule has 106 valence electrons. The number of alkyl halides is 2. The number of carbonyl (C=O) groups is 1. The van der Waals surface area contributed by atoms with E-state index in [4.69, 9.17) is 0 Å². The van der Waals surface area contributed by atoms with Crippen LogP contribution >= 0.6 is 15.9 Å². The van der Waals surface area contributed by atoms with Crippen molar-refractivity contribution in [2.24, 2.45) is 0 Å². The fourth-order valence-electron chi connectivity index (χ4n) is 1.78. The molecule has 0 spiro atoms. The molecule has 1 aromatic carbocycles. The minimum atomic E-state index is -2.94. The second-order valence-electron chi connectivity index (χ2n) is 3.93. The lowest BCUT2D eigenvalue weighted by Crippen LogP contribution is -2.04. The van der Waals surface area contributed by atoms with Crippen molar-refractivity contribution in [3.63, 3.8) is 0 Å². The van der Waals surface area contributed by atoms with E-state index in [1.54, 1.807) is 23.0 Å². The first-order valence-corrected chi connectivity index (χ1v) is 6.61. The third kappa shape index (κ3) is 3.04. The molecule has 0 aliphatic heterocycles. The van der Waals surface area contributed by atoms with Crippen LogP contribution in [-0.2, 0) is 6.54 Å². The Balaban J connectivity index is 2.58. The molecule has 0 bridgehead atoms. The predicted octanol–water partition coefficient (Wildman–Crippen LogP) is 3.75. The van der Waals surface area contributed by atoms with E-state index in [2.05, 4.69) is 25.8 Å². The Labute approximate surface area is 122 Å². The van der Waals surface area contributed by atoms with Crippen molar-refractivity contribution in [3.8, 4) is 17.0 Å². The molecule has 0 unspecified atom stereocenters. The number of aromatic nitrogens is 2. The summed E-state index contributed by atoms with van der Waals surface area (Å²) in [6.45, 7) is -0.509. The third-order valence-corrected chi connectivity index (χ3v) is 3.15. The Morgan fingerprint density at radius 3 is 2.85 bits per heavy atom. The molecule has 1 aromatic heterocycles. The predicted molar refractivity (Wildman–Crippen MR) is 73.1 cm³/mol. The van der Waals surface area contributed by atoms with Crippen molar-refractivity contribution >= 4 is 22.2 Å². The summed E-state index contributed by atoms with van der Waals surface area (Å²) < 4.78 is 31.6. The highest BCUT2D eigenvalue weighted by Gasteiger charge is 2.17. The van der Waals surface area contributed by atoms with Crippen molar-refractivity contribution in [2.75, 3.05) is 0 Å². The summed E-state index contributed by atoms with van der Waals surface area (Å²) in [6.07, 6.45) is 2.21. The summed E-state index contributed by atoms with van der Waals surface area (Å²) in [5, 5.41) is 4.22. The van der Waals surface area contributed by atoms with E-state index in [9.17, 15) is 13.6 Å². The van der Waals surface area contributed by atoms with Crippen molar-refractivity contribution in [3.05, 3.63) is 34.4 Å². The van der Waals surface area contributed by atoms with Gasteiger partial charge in [-0.3, -0.25) is 9.48 Å². The van der Waals surface area contributed by atoms with Crippen molar-refractivity contribution in [2.45, 2.75) is 20.1 Å². The lowest BCUT2D eigenvalue weighted by molar-refractivity contribution is -0.0494. The first kappa shape index (κ1) is 14.6.